The maximum Gasteiger partial charge on any atom is 0.182 e. The Labute approximate surface area is 157 Å². The third kappa shape index (κ3) is 3.46. The molecule has 4 rings (SSSR count). The number of nitrogens with one attached hydrogen (secondary N) is 1. The summed E-state index contributed by atoms with van der Waals surface area (Å²) in [5.74, 6) is 1.55. The van der Waals surface area contributed by atoms with E-state index in [0.717, 1.165) is 33.4 Å². The first-order valence-electron chi connectivity index (χ1n) is 8.36. The average molecular weight is 361 g/mol. The molecule has 0 saturated carbocycles. The van der Waals surface area contributed by atoms with E-state index in [1.807, 2.05) is 89.6 Å². The average Bonchev–Trinajstić information content (AvgIpc) is 3.13. The third-order valence-corrected chi connectivity index (χ3v) is 4.33. The zero-order chi connectivity index (χ0) is 17.8. The van der Waals surface area contributed by atoms with E-state index in [2.05, 4.69) is 15.6 Å². The van der Waals surface area contributed by atoms with Crippen molar-refractivity contribution < 1.29 is 0 Å². The van der Waals surface area contributed by atoms with E-state index < -0.39 is 0 Å². The van der Waals surface area contributed by atoms with Crippen molar-refractivity contribution in [1.82, 2.24) is 14.9 Å². The maximum absolute atomic E-state index is 5.98. The largest absolute Gasteiger partial charge is 0.318 e. The minimum atomic E-state index is 0.634. The van der Waals surface area contributed by atoms with E-state index in [1.54, 1.807) is 0 Å². The predicted octanol–water partition coefficient (Wildman–Crippen LogP) is 5.01. The first-order chi connectivity index (χ1) is 12.8. The Morgan fingerprint density at radius 2 is 1.19 bits per heavy atom. The van der Waals surface area contributed by atoms with Gasteiger partial charge in [0.05, 0.1) is 6.54 Å². The lowest BCUT2D eigenvalue weighted by atomic mass is 10.2. The molecule has 3 aromatic carbocycles. The second-order valence-electron chi connectivity index (χ2n) is 5.88. The molecular weight excluding hydrogens is 344 g/mol. The normalized spacial score (nSPS) is 10.7. The lowest BCUT2D eigenvalue weighted by Gasteiger charge is -2.13. The van der Waals surface area contributed by atoms with Crippen LogP contribution < -0.4 is 5.43 Å². The molecule has 0 aliphatic carbocycles. The van der Waals surface area contributed by atoms with E-state index in [9.17, 15) is 0 Å². The molecule has 0 fully saturated rings. The van der Waals surface area contributed by atoms with Gasteiger partial charge in [0.25, 0.3) is 0 Å². The van der Waals surface area contributed by atoms with Gasteiger partial charge in [-0.3, -0.25) is 0 Å². The molecule has 0 spiro atoms. The van der Waals surface area contributed by atoms with E-state index in [1.165, 1.54) is 0 Å². The molecular formula is C21H17ClN4. The summed E-state index contributed by atoms with van der Waals surface area (Å²) >= 11 is 5.98. The molecule has 1 heterocycles. The standard InChI is InChI=1S/C21H17ClN4/c22-19-13-11-16(12-14-19)15-23-26-20(17-7-3-1-4-8-17)24-25-21(26)18-9-5-2-6-10-18/h1-14,23H,15H2. The van der Waals surface area contributed by atoms with Gasteiger partial charge in [-0.2, -0.15) is 0 Å². The number of halogens is 1. The summed E-state index contributed by atoms with van der Waals surface area (Å²) in [6.07, 6.45) is 0. The van der Waals surface area contributed by atoms with Crippen LogP contribution in [0.3, 0.4) is 0 Å². The quantitative estimate of drug-likeness (QED) is 0.544. The first kappa shape index (κ1) is 16.4. The van der Waals surface area contributed by atoms with Crippen molar-refractivity contribution >= 4 is 11.6 Å². The molecule has 0 radical (unpaired) electrons. The molecule has 128 valence electrons. The molecule has 0 aliphatic rings. The zero-order valence-corrected chi connectivity index (χ0v) is 14.8. The minimum Gasteiger partial charge on any atom is -0.318 e. The highest BCUT2D eigenvalue weighted by molar-refractivity contribution is 6.30. The van der Waals surface area contributed by atoms with Gasteiger partial charge in [0, 0.05) is 16.1 Å². The van der Waals surface area contributed by atoms with Gasteiger partial charge >= 0.3 is 0 Å². The fourth-order valence-corrected chi connectivity index (χ4v) is 2.88. The van der Waals surface area contributed by atoms with Crippen LogP contribution >= 0.6 is 11.6 Å². The number of rotatable bonds is 5. The molecule has 0 bridgehead atoms. The summed E-state index contributed by atoms with van der Waals surface area (Å²) < 4.78 is 1.94. The second-order valence-corrected chi connectivity index (χ2v) is 6.31. The Bertz CT molecular complexity index is 923. The van der Waals surface area contributed by atoms with Crippen molar-refractivity contribution in [3.63, 3.8) is 0 Å². The van der Waals surface area contributed by atoms with Crippen LogP contribution in [-0.2, 0) is 6.54 Å². The van der Waals surface area contributed by atoms with E-state index in [-0.39, 0.29) is 0 Å². The van der Waals surface area contributed by atoms with Crippen molar-refractivity contribution in [2.45, 2.75) is 6.54 Å². The van der Waals surface area contributed by atoms with Crippen molar-refractivity contribution in [2.24, 2.45) is 0 Å². The highest BCUT2D eigenvalue weighted by Gasteiger charge is 2.15. The second kappa shape index (κ2) is 7.42. The number of hydrogen-bond acceptors (Lipinski definition) is 3. The lowest BCUT2D eigenvalue weighted by Crippen LogP contribution is -2.17. The Morgan fingerprint density at radius 1 is 0.692 bits per heavy atom. The Balaban J connectivity index is 1.72. The van der Waals surface area contributed by atoms with Crippen molar-refractivity contribution in [2.75, 3.05) is 5.43 Å². The van der Waals surface area contributed by atoms with Gasteiger partial charge < -0.3 is 5.43 Å². The maximum atomic E-state index is 5.98. The monoisotopic (exact) mass is 360 g/mol. The topological polar surface area (TPSA) is 42.7 Å². The van der Waals surface area contributed by atoms with Crippen LogP contribution in [-0.4, -0.2) is 14.9 Å². The molecule has 0 saturated heterocycles. The molecule has 0 atom stereocenters. The number of nitrogens with zero attached hydrogens (tertiary/aromatic N) is 3. The van der Waals surface area contributed by atoms with E-state index in [4.69, 9.17) is 11.6 Å². The van der Waals surface area contributed by atoms with Gasteiger partial charge in [0.2, 0.25) is 0 Å². The molecule has 0 aliphatic heterocycles. The van der Waals surface area contributed by atoms with Gasteiger partial charge in [0.1, 0.15) is 0 Å². The van der Waals surface area contributed by atoms with Gasteiger partial charge in [0.15, 0.2) is 11.6 Å². The third-order valence-electron chi connectivity index (χ3n) is 4.08. The van der Waals surface area contributed by atoms with Gasteiger partial charge in [-0.05, 0) is 17.7 Å². The minimum absolute atomic E-state index is 0.634. The fraction of sp³-hybridized carbons (Fsp3) is 0.0476. The van der Waals surface area contributed by atoms with Crippen LogP contribution in [0.25, 0.3) is 22.8 Å². The molecule has 1 aromatic heterocycles. The van der Waals surface area contributed by atoms with Crippen LogP contribution in [0.5, 0.6) is 0 Å². The number of benzene rings is 3. The van der Waals surface area contributed by atoms with Gasteiger partial charge in [-0.25, -0.2) is 4.68 Å². The Kier molecular flexibility index (Phi) is 4.67. The molecule has 5 heteroatoms. The highest BCUT2D eigenvalue weighted by Crippen LogP contribution is 2.23. The highest BCUT2D eigenvalue weighted by atomic mass is 35.5. The molecule has 1 N–H and O–H groups in total. The number of aromatic nitrogens is 3. The summed E-state index contributed by atoms with van der Waals surface area (Å²) in [6, 6.07) is 27.9. The Morgan fingerprint density at radius 3 is 1.69 bits per heavy atom. The van der Waals surface area contributed by atoms with Crippen LogP contribution in [0.1, 0.15) is 5.56 Å². The molecule has 0 amide bonds. The zero-order valence-electron chi connectivity index (χ0n) is 14.0. The van der Waals surface area contributed by atoms with Crippen LogP contribution in [0.15, 0.2) is 84.9 Å². The lowest BCUT2D eigenvalue weighted by molar-refractivity contribution is 0.851. The van der Waals surface area contributed by atoms with E-state index >= 15 is 0 Å². The summed E-state index contributed by atoms with van der Waals surface area (Å²) in [7, 11) is 0. The van der Waals surface area contributed by atoms with E-state index in [0.29, 0.717) is 6.54 Å². The predicted molar refractivity (Wildman–Crippen MR) is 105 cm³/mol. The van der Waals surface area contributed by atoms with Crippen molar-refractivity contribution in [3.8, 4) is 22.8 Å². The van der Waals surface area contributed by atoms with Gasteiger partial charge in [-0.15, -0.1) is 10.2 Å². The smallest absolute Gasteiger partial charge is 0.182 e. The van der Waals surface area contributed by atoms with Crippen molar-refractivity contribution in [1.29, 1.82) is 0 Å². The fourth-order valence-electron chi connectivity index (χ4n) is 2.75. The molecule has 4 nitrogen and oxygen atoms in total. The summed E-state index contributed by atoms with van der Waals surface area (Å²) in [4.78, 5) is 0. The van der Waals surface area contributed by atoms with Crippen LogP contribution in [0.2, 0.25) is 5.02 Å². The van der Waals surface area contributed by atoms with Crippen molar-refractivity contribution in [3.05, 3.63) is 95.5 Å². The molecule has 26 heavy (non-hydrogen) atoms. The SMILES string of the molecule is Clc1ccc(CNn2c(-c3ccccc3)nnc2-c2ccccc2)cc1. The van der Waals surface area contributed by atoms with Gasteiger partial charge in [-0.1, -0.05) is 84.4 Å². The summed E-state index contributed by atoms with van der Waals surface area (Å²) in [5, 5.41) is 9.57. The number of hydrogen-bond donors (Lipinski definition) is 1. The molecule has 4 aromatic rings. The van der Waals surface area contributed by atoms with Crippen LogP contribution in [0.4, 0.5) is 0 Å². The van der Waals surface area contributed by atoms with Crippen LogP contribution in [0, 0.1) is 0 Å². The first-order valence-corrected chi connectivity index (χ1v) is 8.73. The summed E-state index contributed by atoms with van der Waals surface area (Å²) in [6.45, 7) is 0.634. The Hall–Kier alpha value is -3.11. The molecule has 0 unspecified atom stereocenters. The summed E-state index contributed by atoms with van der Waals surface area (Å²) in [5.41, 5.74) is 6.58.